The Labute approximate surface area is 249 Å². The maximum absolute atomic E-state index is 13.3. The quantitative estimate of drug-likeness (QED) is 0.171. The van der Waals surface area contributed by atoms with Crippen molar-refractivity contribution in [2.75, 3.05) is 26.2 Å². The number of nitrogens with zero attached hydrogens (tertiary/aromatic N) is 1. The summed E-state index contributed by atoms with van der Waals surface area (Å²) >= 11 is 0. The minimum Gasteiger partial charge on any atom is -0.423 e. The molecule has 10 nitrogen and oxygen atoms in total. The molecule has 2 amide bonds. The Morgan fingerprint density at radius 1 is 0.977 bits per heavy atom. The highest BCUT2D eigenvalue weighted by atomic mass is 19.4. The minimum atomic E-state index is -4.46. The van der Waals surface area contributed by atoms with E-state index >= 15 is 0 Å². The Kier molecular flexibility index (Phi) is 12.7. The van der Waals surface area contributed by atoms with Gasteiger partial charge in [0.2, 0.25) is 11.8 Å². The molecule has 0 fully saturated rings. The Morgan fingerprint density at radius 3 is 2.26 bits per heavy atom. The van der Waals surface area contributed by atoms with E-state index in [0.29, 0.717) is 37.1 Å². The average Bonchev–Trinajstić information content (AvgIpc) is 3.35. The van der Waals surface area contributed by atoms with Crippen LogP contribution in [0.5, 0.6) is 0 Å². The number of fused-ring (bicyclic) bond motifs is 1. The fourth-order valence-electron chi connectivity index (χ4n) is 4.87. The highest BCUT2D eigenvalue weighted by Gasteiger charge is 2.30. The summed E-state index contributed by atoms with van der Waals surface area (Å²) in [6.45, 7) is 1.49. The van der Waals surface area contributed by atoms with Gasteiger partial charge in [-0.25, -0.2) is 0 Å². The zero-order chi connectivity index (χ0) is 31.6. The second-order valence-electron chi connectivity index (χ2n) is 10.6. The topological polar surface area (TPSA) is 174 Å². The Hall–Kier alpha value is -3.30. The van der Waals surface area contributed by atoms with E-state index < -0.39 is 36.8 Å². The van der Waals surface area contributed by atoms with Crippen LogP contribution in [-0.2, 0) is 44.7 Å². The molecule has 0 aromatic heterocycles. The number of hydrogen-bond donors (Lipinski definition) is 5. The third kappa shape index (κ3) is 10.1. The first-order valence-electron chi connectivity index (χ1n) is 14.3. The van der Waals surface area contributed by atoms with Gasteiger partial charge in [-0.15, -0.1) is 0 Å². The van der Waals surface area contributed by atoms with Crippen molar-refractivity contribution in [1.29, 1.82) is 0 Å². The third-order valence-electron chi connectivity index (χ3n) is 7.40. The molecule has 0 unspecified atom stereocenters. The monoisotopic (exact) mass is 605 g/mol. The lowest BCUT2D eigenvalue weighted by Gasteiger charge is -2.23. The summed E-state index contributed by atoms with van der Waals surface area (Å²) in [6.07, 6.45) is -3.66. The fourth-order valence-corrected chi connectivity index (χ4v) is 4.87. The fraction of sp³-hybridized carbons (Fsp3) is 0.483. The van der Waals surface area contributed by atoms with Crippen LogP contribution in [0, 0.1) is 0 Å². The Bertz CT molecular complexity index is 1240. The summed E-state index contributed by atoms with van der Waals surface area (Å²) in [6, 6.07) is 8.07. The van der Waals surface area contributed by atoms with Crippen molar-refractivity contribution >= 4 is 30.2 Å². The molecule has 0 saturated heterocycles. The van der Waals surface area contributed by atoms with Gasteiger partial charge in [0.05, 0.1) is 24.3 Å². The number of hydrogen-bond acceptors (Lipinski definition) is 8. The van der Waals surface area contributed by atoms with E-state index in [1.165, 1.54) is 17.0 Å². The van der Waals surface area contributed by atoms with E-state index in [1.54, 1.807) is 6.07 Å². The Balaban J connectivity index is 1.65. The zero-order valence-electron chi connectivity index (χ0n) is 23.9. The molecule has 2 aromatic rings. The summed E-state index contributed by atoms with van der Waals surface area (Å²) < 4.78 is 44.1. The lowest BCUT2D eigenvalue weighted by Crippen LogP contribution is -2.49. The van der Waals surface area contributed by atoms with E-state index in [1.807, 2.05) is 12.1 Å². The molecule has 1 heterocycles. The van der Waals surface area contributed by atoms with Crippen LogP contribution in [0.25, 0.3) is 0 Å². The maximum Gasteiger partial charge on any atom is 0.491 e. The number of nitrogens with two attached hydrogens (primary N) is 3. The lowest BCUT2D eigenvalue weighted by atomic mass is 9.78. The van der Waals surface area contributed by atoms with Crippen LogP contribution in [0.15, 0.2) is 42.5 Å². The van der Waals surface area contributed by atoms with Gasteiger partial charge in [0, 0.05) is 39.0 Å². The molecule has 0 bridgehead atoms. The smallest absolute Gasteiger partial charge is 0.423 e. The molecule has 0 spiro atoms. The highest BCUT2D eigenvalue weighted by molar-refractivity contribution is 6.61. The van der Waals surface area contributed by atoms with E-state index in [-0.39, 0.29) is 56.9 Å². The number of benzene rings is 2. The van der Waals surface area contributed by atoms with Gasteiger partial charge in [0.25, 0.3) is 0 Å². The third-order valence-corrected chi connectivity index (χ3v) is 7.40. The van der Waals surface area contributed by atoms with Gasteiger partial charge in [0.1, 0.15) is 0 Å². The number of nitrogens with one attached hydrogen (secondary N) is 1. The summed E-state index contributed by atoms with van der Waals surface area (Å²) in [7, 11) is -1.02. The molecule has 0 radical (unpaired) electrons. The summed E-state index contributed by atoms with van der Waals surface area (Å²) in [5, 5.41) is 12.7. The number of aryl methyl sites for hydroxylation is 2. The summed E-state index contributed by atoms with van der Waals surface area (Å²) in [5.74, 6) is -1.13. The first-order valence-corrected chi connectivity index (χ1v) is 14.3. The SMILES string of the molecule is NCCN(CCN)C(=O)CC[C@H](N)C(=O)N[C@H](CCc1ccc(C(F)(F)F)cc1)C(=O)CCc1ccc2c(c1)B(O)OC2. The van der Waals surface area contributed by atoms with E-state index in [2.05, 4.69) is 5.32 Å². The van der Waals surface area contributed by atoms with Gasteiger partial charge in [-0.1, -0.05) is 30.3 Å². The number of carbonyl (C=O) groups excluding carboxylic acids is 3. The van der Waals surface area contributed by atoms with E-state index in [4.69, 9.17) is 21.9 Å². The molecular weight excluding hydrogens is 566 g/mol. The molecule has 14 heteroatoms. The van der Waals surface area contributed by atoms with Gasteiger partial charge < -0.3 is 37.1 Å². The highest BCUT2D eigenvalue weighted by Crippen LogP contribution is 2.29. The first kappa shape index (κ1) is 34.2. The van der Waals surface area contributed by atoms with Crippen LogP contribution < -0.4 is 28.0 Å². The van der Waals surface area contributed by atoms with Crippen LogP contribution in [0.2, 0.25) is 0 Å². The van der Waals surface area contributed by atoms with Gasteiger partial charge in [0.15, 0.2) is 5.78 Å². The number of alkyl halides is 3. The second-order valence-corrected chi connectivity index (χ2v) is 10.6. The van der Waals surface area contributed by atoms with Crippen LogP contribution >= 0.6 is 0 Å². The normalized spacial score (nSPS) is 14.3. The van der Waals surface area contributed by atoms with Crippen molar-refractivity contribution in [3.05, 3.63) is 64.7 Å². The predicted octanol–water partition coefficient (Wildman–Crippen LogP) is 0.396. The van der Waals surface area contributed by atoms with Gasteiger partial charge in [-0.3, -0.25) is 14.4 Å². The molecule has 43 heavy (non-hydrogen) atoms. The van der Waals surface area contributed by atoms with Gasteiger partial charge in [-0.05, 0) is 60.0 Å². The molecule has 0 aliphatic carbocycles. The zero-order valence-corrected chi connectivity index (χ0v) is 23.9. The molecular formula is C29H39BF3N5O5. The molecule has 1 aliphatic heterocycles. The minimum absolute atomic E-state index is 0.00729. The van der Waals surface area contributed by atoms with Crippen LogP contribution in [-0.4, -0.2) is 72.9 Å². The predicted molar refractivity (Wildman–Crippen MR) is 156 cm³/mol. The molecule has 3 rings (SSSR count). The van der Waals surface area contributed by atoms with E-state index in [0.717, 1.165) is 23.3 Å². The Morgan fingerprint density at radius 2 is 1.63 bits per heavy atom. The number of ketones is 1. The molecule has 234 valence electrons. The number of rotatable bonds is 16. The van der Waals surface area contributed by atoms with Crippen molar-refractivity contribution in [2.24, 2.45) is 17.2 Å². The van der Waals surface area contributed by atoms with Crippen molar-refractivity contribution in [3.63, 3.8) is 0 Å². The lowest BCUT2D eigenvalue weighted by molar-refractivity contribution is -0.137. The van der Waals surface area contributed by atoms with Crippen LogP contribution in [0.1, 0.15) is 47.9 Å². The number of Topliss-reactive ketones (excluding diaryl/α,β-unsaturated/α-hetero) is 1. The average molecular weight is 605 g/mol. The molecule has 2 aromatic carbocycles. The van der Waals surface area contributed by atoms with Crippen molar-refractivity contribution in [3.8, 4) is 0 Å². The van der Waals surface area contributed by atoms with Crippen molar-refractivity contribution < 1.29 is 37.2 Å². The summed E-state index contributed by atoms with van der Waals surface area (Å²) in [4.78, 5) is 40.3. The van der Waals surface area contributed by atoms with Crippen LogP contribution in [0.3, 0.4) is 0 Å². The first-order chi connectivity index (χ1) is 20.4. The van der Waals surface area contributed by atoms with Crippen molar-refractivity contribution in [2.45, 2.75) is 63.4 Å². The number of carbonyl (C=O) groups is 3. The maximum atomic E-state index is 13.3. The number of amides is 2. The largest absolute Gasteiger partial charge is 0.491 e. The van der Waals surface area contributed by atoms with Crippen molar-refractivity contribution in [1.82, 2.24) is 10.2 Å². The van der Waals surface area contributed by atoms with Gasteiger partial charge >= 0.3 is 13.3 Å². The standard InChI is InChI=1S/C29H39BF3N5O5/c31-29(32,33)22-7-2-19(3-8-22)4-10-25(26(39)11-5-20-1-6-21-18-43-30(42)23(21)17-20)37-28(41)24(36)9-12-27(40)38(15-13-34)16-14-35/h1-3,6-8,17,24-25,42H,4-5,9-16,18,34-36H2,(H,37,41)/t24-,25+/m0/s1. The van der Waals surface area contributed by atoms with Gasteiger partial charge in [-0.2, -0.15) is 13.2 Å². The van der Waals surface area contributed by atoms with Crippen LogP contribution in [0.4, 0.5) is 13.2 Å². The molecule has 1 aliphatic rings. The molecule has 2 atom stereocenters. The van der Waals surface area contributed by atoms with E-state index in [9.17, 15) is 32.6 Å². The summed E-state index contributed by atoms with van der Waals surface area (Å²) in [5.41, 5.74) is 19.3. The molecule has 8 N–H and O–H groups in total. The second kappa shape index (κ2) is 16.0. The molecule has 0 saturated carbocycles. The number of halogens is 3.